The van der Waals surface area contributed by atoms with Crippen LogP contribution in [-0.4, -0.2) is 13.0 Å². The number of nitrogens with two attached hydrogens (primary N) is 1. The van der Waals surface area contributed by atoms with Crippen LogP contribution in [0, 0.1) is 0 Å². The highest BCUT2D eigenvalue weighted by Crippen LogP contribution is 2.21. The Morgan fingerprint density at radius 3 is 2.29 bits per heavy atom. The zero-order valence-corrected chi connectivity index (χ0v) is 12.3. The molecule has 2 aromatic rings. The van der Waals surface area contributed by atoms with Gasteiger partial charge in [0, 0.05) is 6.54 Å². The van der Waals surface area contributed by atoms with E-state index in [9.17, 15) is 4.79 Å². The molecule has 0 bridgehead atoms. The van der Waals surface area contributed by atoms with Gasteiger partial charge in [-0.3, -0.25) is 10.1 Å². The molecule has 0 aromatic heterocycles. The van der Waals surface area contributed by atoms with Gasteiger partial charge in [-0.15, -0.1) is 0 Å². The summed E-state index contributed by atoms with van der Waals surface area (Å²) in [7, 11) is 1.63. The summed E-state index contributed by atoms with van der Waals surface area (Å²) in [5.41, 5.74) is 6.60. The molecule has 1 unspecified atom stereocenters. The molecule has 0 aliphatic carbocycles. The Hall–Kier alpha value is -2.33. The van der Waals surface area contributed by atoms with E-state index in [0.717, 1.165) is 16.9 Å². The Morgan fingerprint density at radius 2 is 1.76 bits per heavy atom. The maximum absolute atomic E-state index is 11.9. The van der Waals surface area contributed by atoms with Crippen molar-refractivity contribution in [1.29, 1.82) is 0 Å². The third-order valence-electron chi connectivity index (χ3n) is 3.65. The van der Waals surface area contributed by atoms with Crippen molar-refractivity contribution in [2.45, 2.75) is 19.0 Å². The number of rotatable bonds is 6. The van der Waals surface area contributed by atoms with Crippen molar-refractivity contribution in [1.82, 2.24) is 5.32 Å². The minimum Gasteiger partial charge on any atom is -0.497 e. The van der Waals surface area contributed by atoms with Gasteiger partial charge in [-0.05, 0) is 30.2 Å². The summed E-state index contributed by atoms with van der Waals surface area (Å²) in [5, 5.41) is 3.25. The summed E-state index contributed by atoms with van der Waals surface area (Å²) < 4.78 is 5.13. The molecule has 0 radical (unpaired) electrons. The van der Waals surface area contributed by atoms with Crippen LogP contribution in [0.2, 0.25) is 0 Å². The molecule has 0 fully saturated rings. The summed E-state index contributed by atoms with van der Waals surface area (Å²) >= 11 is 0. The van der Waals surface area contributed by atoms with Crippen molar-refractivity contribution in [3.05, 3.63) is 65.7 Å². The minimum atomic E-state index is -0.902. The van der Waals surface area contributed by atoms with E-state index in [4.69, 9.17) is 10.5 Å². The number of carbonyl (C=O) groups is 1. The lowest BCUT2D eigenvalue weighted by atomic mass is 9.91. The largest absolute Gasteiger partial charge is 0.497 e. The van der Waals surface area contributed by atoms with E-state index in [1.54, 1.807) is 14.0 Å². The molecular weight excluding hydrogens is 264 g/mol. The van der Waals surface area contributed by atoms with Crippen LogP contribution in [0.3, 0.4) is 0 Å². The van der Waals surface area contributed by atoms with Gasteiger partial charge in [0.05, 0.1) is 7.11 Å². The predicted octanol–water partition coefficient (Wildman–Crippen LogP) is 2.19. The average Bonchev–Trinajstić information content (AvgIpc) is 2.53. The van der Waals surface area contributed by atoms with Gasteiger partial charge in [0.1, 0.15) is 11.3 Å². The van der Waals surface area contributed by atoms with Crippen LogP contribution in [-0.2, 0) is 16.9 Å². The molecule has 110 valence electrons. The van der Waals surface area contributed by atoms with Gasteiger partial charge in [-0.1, -0.05) is 42.5 Å². The highest BCUT2D eigenvalue weighted by atomic mass is 16.5. The first-order valence-electron chi connectivity index (χ1n) is 6.79. The molecule has 4 heteroatoms. The maximum Gasteiger partial charge on any atom is 0.242 e. The van der Waals surface area contributed by atoms with Gasteiger partial charge in [-0.2, -0.15) is 0 Å². The Balaban J connectivity index is 2.15. The zero-order valence-electron chi connectivity index (χ0n) is 12.3. The molecule has 3 N–H and O–H groups in total. The number of primary amides is 1. The van der Waals surface area contributed by atoms with Gasteiger partial charge in [0.2, 0.25) is 5.91 Å². The van der Waals surface area contributed by atoms with E-state index in [0.29, 0.717) is 6.54 Å². The number of nitrogens with one attached hydrogen (secondary N) is 1. The number of hydrogen-bond donors (Lipinski definition) is 2. The van der Waals surface area contributed by atoms with Crippen molar-refractivity contribution in [3.63, 3.8) is 0 Å². The Bertz CT molecular complexity index is 596. The predicted molar refractivity (Wildman–Crippen MR) is 82.8 cm³/mol. The van der Waals surface area contributed by atoms with Crippen LogP contribution in [0.4, 0.5) is 0 Å². The molecule has 0 saturated carbocycles. The van der Waals surface area contributed by atoms with Crippen LogP contribution >= 0.6 is 0 Å². The first kappa shape index (κ1) is 15.1. The summed E-state index contributed by atoms with van der Waals surface area (Å²) in [6.45, 7) is 2.34. The van der Waals surface area contributed by atoms with Crippen molar-refractivity contribution >= 4 is 5.91 Å². The Labute approximate surface area is 124 Å². The van der Waals surface area contributed by atoms with E-state index in [1.165, 1.54) is 0 Å². The molecule has 0 heterocycles. The van der Waals surface area contributed by atoms with E-state index >= 15 is 0 Å². The lowest BCUT2D eigenvalue weighted by Gasteiger charge is -2.28. The third-order valence-corrected chi connectivity index (χ3v) is 3.65. The standard InChI is InChI=1S/C17H20N2O2/c1-17(16(18)20,14-6-4-3-5-7-14)19-12-13-8-10-15(21-2)11-9-13/h3-11,19H,12H2,1-2H3,(H2,18,20). The van der Waals surface area contributed by atoms with E-state index in [-0.39, 0.29) is 0 Å². The molecule has 0 saturated heterocycles. The molecule has 1 atom stereocenters. The number of amides is 1. The Kier molecular flexibility index (Phi) is 4.60. The molecule has 1 amide bonds. The fraction of sp³-hybridized carbons (Fsp3) is 0.235. The molecule has 0 spiro atoms. The van der Waals surface area contributed by atoms with Crippen molar-refractivity contribution in [2.75, 3.05) is 7.11 Å². The number of methoxy groups -OCH3 is 1. The smallest absolute Gasteiger partial charge is 0.242 e. The van der Waals surface area contributed by atoms with Gasteiger partial charge >= 0.3 is 0 Å². The minimum absolute atomic E-state index is 0.401. The third kappa shape index (κ3) is 3.41. The van der Waals surface area contributed by atoms with Crippen LogP contribution in [0.25, 0.3) is 0 Å². The topological polar surface area (TPSA) is 64.3 Å². The number of benzene rings is 2. The van der Waals surface area contributed by atoms with Crippen LogP contribution in [0.1, 0.15) is 18.1 Å². The van der Waals surface area contributed by atoms with Crippen molar-refractivity contribution in [2.24, 2.45) is 5.73 Å². The second-order valence-corrected chi connectivity index (χ2v) is 5.06. The van der Waals surface area contributed by atoms with E-state index in [2.05, 4.69) is 5.32 Å². The lowest BCUT2D eigenvalue weighted by molar-refractivity contribution is -0.124. The van der Waals surface area contributed by atoms with Gasteiger partial charge in [-0.25, -0.2) is 0 Å². The molecule has 4 nitrogen and oxygen atoms in total. The van der Waals surface area contributed by atoms with Crippen molar-refractivity contribution in [3.8, 4) is 5.75 Å². The summed E-state index contributed by atoms with van der Waals surface area (Å²) in [6, 6.07) is 17.2. The van der Waals surface area contributed by atoms with E-state index in [1.807, 2.05) is 54.6 Å². The molecule has 0 aliphatic rings. The average molecular weight is 284 g/mol. The molecule has 2 rings (SSSR count). The Morgan fingerprint density at radius 1 is 1.14 bits per heavy atom. The summed E-state index contributed by atoms with van der Waals surface area (Å²) in [5.74, 6) is 0.404. The molecule has 0 aliphatic heterocycles. The second kappa shape index (κ2) is 6.41. The molecular formula is C17H20N2O2. The van der Waals surface area contributed by atoms with Crippen LogP contribution in [0.15, 0.2) is 54.6 Å². The number of carbonyl (C=O) groups excluding carboxylic acids is 1. The normalized spacial score (nSPS) is 13.4. The first-order valence-corrected chi connectivity index (χ1v) is 6.79. The van der Waals surface area contributed by atoms with Crippen LogP contribution in [0.5, 0.6) is 5.75 Å². The number of ether oxygens (including phenoxy) is 1. The van der Waals surface area contributed by atoms with Gasteiger partial charge in [0.25, 0.3) is 0 Å². The van der Waals surface area contributed by atoms with Crippen molar-refractivity contribution < 1.29 is 9.53 Å². The molecule has 2 aromatic carbocycles. The fourth-order valence-electron chi connectivity index (χ4n) is 2.13. The van der Waals surface area contributed by atoms with Gasteiger partial charge < -0.3 is 10.5 Å². The molecule has 21 heavy (non-hydrogen) atoms. The maximum atomic E-state index is 11.9. The quantitative estimate of drug-likeness (QED) is 0.854. The number of hydrogen-bond acceptors (Lipinski definition) is 3. The monoisotopic (exact) mass is 284 g/mol. The first-order chi connectivity index (χ1) is 10.1. The van der Waals surface area contributed by atoms with E-state index < -0.39 is 11.4 Å². The summed E-state index contributed by atoms with van der Waals surface area (Å²) in [4.78, 5) is 11.9. The van der Waals surface area contributed by atoms with Gasteiger partial charge in [0.15, 0.2) is 0 Å². The summed E-state index contributed by atoms with van der Waals surface area (Å²) in [6.07, 6.45) is 0. The lowest BCUT2D eigenvalue weighted by Crippen LogP contribution is -2.50. The fourth-order valence-corrected chi connectivity index (χ4v) is 2.13. The van der Waals surface area contributed by atoms with Crippen LogP contribution < -0.4 is 15.8 Å². The highest BCUT2D eigenvalue weighted by Gasteiger charge is 2.32. The SMILES string of the molecule is COc1ccc(CNC(C)(C(N)=O)c2ccccc2)cc1. The second-order valence-electron chi connectivity index (χ2n) is 5.06. The highest BCUT2D eigenvalue weighted by molar-refractivity contribution is 5.85. The zero-order chi connectivity index (χ0) is 15.3.